The third kappa shape index (κ3) is 5.04. The van der Waals surface area contributed by atoms with E-state index in [1.807, 2.05) is 0 Å². The normalized spacial score (nSPS) is 20.1. The molecule has 5 nitrogen and oxygen atoms in total. The lowest BCUT2D eigenvalue weighted by Gasteiger charge is -2.32. The van der Waals surface area contributed by atoms with Crippen LogP contribution in [0.2, 0.25) is 5.02 Å². The number of nitrogens with zero attached hydrogens (tertiary/aromatic N) is 3. The monoisotopic (exact) mass is 415 g/mol. The first-order valence-electron chi connectivity index (χ1n) is 9.19. The van der Waals surface area contributed by atoms with Crippen molar-refractivity contribution in [1.82, 2.24) is 14.8 Å². The van der Waals surface area contributed by atoms with E-state index in [-0.39, 0.29) is 29.0 Å². The minimum absolute atomic E-state index is 0.0521. The molecule has 0 aromatic carbocycles. The first-order valence-corrected chi connectivity index (χ1v) is 9.57. The van der Waals surface area contributed by atoms with Gasteiger partial charge in [-0.25, -0.2) is 0 Å². The van der Waals surface area contributed by atoms with Gasteiger partial charge in [0.15, 0.2) is 6.29 Å². The van der Waals surface area contributed by atoms with Crippen molar-refractivity contribution in [2.45, 2.75) is 50.7 Å². The zero-order valence-corrected chi connectivity index (χ0v) is 15.9. The first-order chi connectivity index (χ1) is 13.4. The molecule has 2 aromatic rings. The number of hydrogen-bond donors (Lipinski definition) is 0. The van der Waals surface area contributed by atoms with Crippen molar-refractivity contribution in [2.75, 3.05) is 6.61 Å². The average molecular weight is 416 g/mol. The third-order valence-electron chi connectivity index (χ3n) is 5.12. The molecule has 0 amide bonds. The smallest absolute Gasteiger partial charge is 0.390 e. The number of carbonyl (C=O) groups excluding carboxylic acids is 1. The molecule has 2 aromatic heterocycles. The summed E-state index contributed by atoms with van der Waals surface area (Å²) < 4.78 is 45.1. The summed E-state index contributed by atoms with van der Waals surface area (Å²) in [7, 11) is 0. The van der Waals surface area contributed by atoms with Gasteiger partial charge in [-0.15, -0.1) is 0 Å². The molecule has 2 heterocycles. The maximum Gasteiger partial charge on any atom is 0.390 e. The Balaban J connectivity index is 1.73. The van der Waals surface area contributed by atoms with E-state index < -0.39 is 12.6 Å². The predicted octanol–water partition coefficient (Wildman–Crippen LogP) is 5.05. The number of halogens is 4. The van der Waals surface area contributed by atoms with Gasteiger partial charge in [0, 0.05) is 36.5 Å². The molecule has 152 valence electrons. The van der Waals surface area contributed by atoms with Crippen molar-refractivity contribution in [3.8, 4) is 5.75 Å². The van der Waals surface area contributed by atoms with Gasteiger partial charge in [0.1, 0.15) is 5.75 Å². The average Bonchev–Trinajstić information content (AvgIpc) is 3.13. The number of alkyl halides is 3. The van der Waals surface area contributed by atoms with Crippen LogP contribution >= 0.6 is 11.6 Å². The van der Waals surface area contributed by atoms with Crippen LogP contribution in [-0.2, 0) is 6.54 Å². The van der Waals surface area contributed by atoms with Crippen LogP contribution in [0, 0.1) is 5.92 Å². The molecule has 9 heteroatoms. The molecular weight excluding hydrogens is 395 g/mol. The van der Waals surface area contributed by atoms with Gasteiger partial charge in [-0.05, 0) is 18.9 Å². The van der Waals surface area contributed by atoms with Gasteiger partial charge in [-0.2, -0.15) is 18.3 Å². The summed E-state index contributed by atoms with van der Waals surface area (Å²) in [6.45, 7) is 0.140. The molecular formula is C19H21ClF3N3O2. The van der Waals surface area contributed by atoms with Crippen molar-refractivity contribution in [3.63, 3.8) is 0 Å². The van der Waals surface area contributed by atoms with E-state index in [9.17, 15) is 18.0 Å². The summed E-state index contributed by atoms with van der Waals surface area (Å²) in [4.78, 5) is 15.2. The van der Waals surface area contributed by atoms with Crippen LogP contribution < -0.4 is 4.74 Å². The number of rotatable bonds is 7. The fourth-order valence-electron chi connectivity index (χ4n) is 3.73. The maximum atomic E-state index is 12.6. The van der Waals surface area contributed by atoms with E-state index in [0.717, 1.165) is 31.4 Å². The topological polar surface area (TPSA) is 57.0 Å². The fraction of sp³-hybridized carbons (Fsp3) is 0.526. The molecule has 0 radical (unpaired) electrons. The summed E-state index contributed by atoms with van der Waals surface area (Å²) in [6, 6.07) is 1.79. The minimum atomic E-state index is -4.22. The van der Waals surface area contributed by atoms with Crippen LogP contribution in [0.15, 0.2) is 24.7 Å². The van der Waals surface area contributed by atoms with Gasteiger partial charge in [0.05, 0.1) is 29.8 Å². The molecule has 2 atom stereocenters. The minimum Gasteiger partial charge on any atom is -0.491 e. The van der Waals surface area contributed by atoms with Crippen molar-refractivity contribution in [1.29, 1.82) is 0 Å². The lowest BCUT2D eigenvalue weighted by atomic mass is 9.78. The number of pyridine rings is 1. The van der Waals surface area contributed by atoms with E-state index in [4.69, 9.17) is 16.3 Å². The Hall–Kier alpha value is -2.09. The summed E-state index contributed by atoms with van der Waals surface area (Å²) in [5, 5.41) is 4.31. The molecule has 1 fully saturated rings. The van der Waals surface area contributed by atoms with Gasteiger partial charge >= 0.3 is 6.18 Å². The Morgan fingerprint density at radius 2 is 2.07 bits per heavy atom. The Morgan fingerprint density at radius 1 is 1.29 bits per heavy atom. The van der Waals surface area contributed by atoms with E-state index in [1.54, 1.807) is 12.3 Å². The second-order valence-corrected chi connectivity index (χ2v) is 7.36. The molecule has 2 unspecified atom stereocenters. The molecule has 0 spiro atoms. The molecule has 1 aliphatic carbocycles. The van der Waals surface area contributed by atoms with Crippen molar-refractivity contribution in [2.24, 2.45) is 5.92 Å². The molecule has 0 aliphatic heterocycles. The highest BCUT2D eigenvalue weighted by Gasteiger charge is 2.32. The van der Waals surface area contributed by atoms with Crippen LogP contribution in [0.1, 0.15) is 54.1 Å². The number of aryl methyl sites for hydroxylation is 1. The molecule has 3 rings (SSSR count). The van der Waals surface area contributed by atoms with E-state index in [1.165, 1.54) is 17.1 Å². The van der Waals surface area contributed by atoms with Crippen LogP contribution in [0.4, 0.5) is 13.2 Å². The molecule has 1 saturated carbocycles. The maximum absolute atomic E-state index is 12.6. The lowest BCUT2D eigenvalue weighted by Crippen LogP contribution is -2.26. The largest absolute Gasteiger partial charge is 0.491 e. The number of aromatic nitrogens is 3. The highest BCUT2D eigenvalue weighted by molar-refractivity contribution is 6.33. The summed E-state index contributed by atoms with van der Waals surface area (Å²) >= 11 is 5.98. The molecule has 1 aliphatic rings. The van der Waals surface area contributed by atoms with Gasteiger partial charge in [0.2, 0.25) is 0 Å². The number of ether oxygens (including phenoxy) is 1. The summed E-state index contributed by atoms with van der Waals surface area (Å²) in [5.74, 6) is 0.474. The number of hydrogen-bond acceptors (Lipinski definition) is 4. The zero-order chi connectivity index (χ0) is 20.1. The second kappa shape index (κ2) is 8.94. The lowest BCUT2D eigenvalue weighted by molar-refractivity contribution is -0.137. The number of carbonyl (C=O) groups is 1. The molecule has 0 N–H and O–H groups in total. The summed E-state index contributed by atoms with van der Waals surface area (Å²) in [6.07, 6.45) is 3.64. The van der Waals surface area contributed by atoms with Crippen molar-refractivity contribution >= 4 is 17.9 Å². The van der Waals surface area contributed by atoms with Crippen molar-refractivity contribution in [3.05, 3.63) is 40.9 Å². The van der Waals surface area contributed by atoms with Gasteiger partial charge in [-0.3, -0.25) is 14.5 Å². The van der Waals surface area contributed by atoms with E-state index in [2.05, 4.69) is 10.1 Å². The van der Waals surface area contributed by atoms with Gasteiger partial charge in [0.25, 0.3) is 0 Å². The fourth-order valence-corrected chi connectivity index (χ4v) is 3.92. The Kier molecular flexibility index (Phi) is 6.59. The Morgan fingerprint density at radius 3 is 2.82 bits per heavy atom. The highest BCUT2D eigenvalue weighted by atomic mass is 35.5. The third-order valence-corrected chi connectivity index (χ3v) is 5.42. The number of aldehydes is 1. The van der Waals surface area contributed by atoms with Crippen LogP contribution in [0.5, 0.6) is 5.75 Å². The van der Waals surface area contributed by atoms with Gasteiger partial charge < -0.3 is 4.74 Å². The SMILES string of the molecule is O=Cc1c(Cl)cncc1OCC1CCCCC1c1ccnn1CCC(F)(F)F. The first kappa shape index (κ1) is 20.6. The zero-order valence-electron chi connectivity index (χ0n) is 15.2. The molecule has 0 saturated heterocycles. The van der Waals surface area contributed by atoms with Crippen LogP contribution in [-0.4, -0.2) is 33.8 Å². The highest BCUT2D eigenvalue weighted by Crippen LogP contribution is 2.38. The van der Waals surface area contributed by atoms with Crippen LogP contribution in [0.3, 0.4) is 0 Å². The predicted molar refractivity (Wildman–Crippen MR) is 97.7 cm³/mol. The molecule has 0 bridgehead atoms. The summed E-state index contributed by atoms with van der Waals surface area (Å²) in [5.41, 5.74) is 1.05. The Bertz CT molecular complexity index is 810. The van der Waals surface area contributed by atoms with Crippen molar-refractivity contribution < 1.29 is 22.7 Å². The standard InChI is InChI=1S/C19H21ClF3N3O2/c20-16-9-24-10-18(15(16)11-27)28-12-13-3-1-2-4-14(13)17-5-7-25-26(17)8-6-19(21,22)23/h5,7,9-11,13-14H,1-4,6,8,12H2. The second-order valence-electron chi connectivity index (χ2n) is 6.96. The quantitative estimate of drug-likeness (QED) is 0.594. The molecule has 28 heavy (non-hydrogen) atoms. The van der Waals surface area contributed by atoms with Crippen LogP contribution in [0.25, 0.3) is 0 Å². The van der Waals surface area contributed by atoms with E-state index >= 15 is 0 Å². The Labute approximate surface area is 165 Å². The van der Waals surface area contributed by atoms with E-state index in [0.29, 0.717) is 18.6 Å². The van der Waals surface area contributed by atoms with Gasteiger partial charge in [-0.1, -0.05) is 24.4 Å².